The van der Waals surface area contributed by atoms with Crippen molar-refractivity contribution in [2.45, 2.75) is 38.5 Å². The molecule has 1 aromatic heterocycles. The Bertz CT molecular complexity index is 898. The van der Waals surface area contributed by atoms with Crippen LogP contribution in [0.4, 0.5) is 14.9 Å². The molecular weight excluding hydrogens is 389 g/mol. The van der Waals surface area contributed by atoms with E-state index in [9.17, 15) is 14.0 Å². The maximum absolute atomic E-state index is 13.2. The lowest BCUT2D eigenvalue weighted by Crippen LogP contribution is -2.44. The first-order chi connectivity index (χ1) is 14.1. The lowest BCUT2D eigenvalue weighted by Gasteiger charge is -2.33. The van der Waals surface area contributed by atoms with Crippen LogP contribution in [0.5, 0.6) is 0 Å². The van der Waals surface area contributed by atoms with E-state index in [1.165, 1.54) is 29.0 Å². The van der Waals surface area contributed by atoms with Crippen molar-refractivity contribution in [3.63, 3.8) is 0 Å². The first-order valence-electron chi connectivity index (χ1n) is 10.3. The van der Waals surface area contributed by atoms with Gasteiger partial charge in [0.25, 0.3) is 5.91 Å². The van der Waals surface area contributed by atoms with Crippen molar-refractivity contribution >= 4 is 29.0 Å². The number of likely N-dealkylation sites (tertiary alicyclic amines) is 1. The highest BCUT2D eigenvalue weighted by molar-refractivity contribution is 7.10. The van der Waals surface area contributed by atoms with Gasteiger partial charge in [-0.3, -0.25) is 4.79 Å². The quantitative estimate of drug-likeness (QED) is 0.776. The molecule has 5 nitrogen and oxygen atoms in total. The molecule has 1 aromatic carbocycles. The van der Waals surface area contributed by atoms with Crippen LogP contribution in [0.25, 0.3) is 0 Å². The molecule has 0 unspecified atom stereocenters. The standard InChI is InChI=1S/C22H26FN3O2S/c23-16-6-3-7-17(11-16)25-22(28)24-12-15-5-4-10-26(13-15)21(27)19-14-29-20-9-2-1-8-18(19)20/h3,6-7,11,14-15H,1-2,4-5,8-10,12-13H2,(H2,24,25,28)/t15-/m1/s1. The third-order valence-corrected chi connectivity index (χ3v) is 6.82. The Morgan fingerprint density at radius 3 is 2.93 bits per heavy atom. The number of rotatable bonds is 4. The van der Waals surface area contributed by atoms with Crippen LogP contribution < -0.4 is 10.6 Å². The van der Waals surface area contributed by atoms with Crippen molar-refractivity contribution < 1.29 is 14.0 Å². The van der Waals surface area contributed by atoms with Gasteiger partial charge < -0.3 is 15.5 Å². The first kappa shape index (κ1) is 19.9. The van der Waals surface area contributed by atoms with Crippen LogP contribution in [0.1, 0.15) is 46.5 Å². The van der Waals surface area contributed by atoms with Crippen molar-refractivity contribution in [1.82, 2.24) is 10.2 Å². The summed E-state index contributed by atoms with van der Waals surface area (Å²) < 4.78 is 13.2. The zero-order chi connectivity index (χ0) is 20.2. The summed E-state index contributed by atoms with van der Waals surface area (Å²) in [6.45, 7) is 1.92. The Balaban J connectivity index is 1.31. The molecule has 1 aliphatic carbocycles. The van der Waals surface area contributed by atoms with E-state index < -0.39 is 0 Å². The van der Waals surface area contributed by atoms with Gasteiger partial charge in [-0.2, -0.15) is 0 Å². The van der Waals surface area contributed by atoms with E-state index in [1.807, 2.05) is 10.3 Å². The van der Waals surface area contributed by atoms with Crippen LogP contribution in [-0.4, -0.2) is 36.5 Å². The number of nitrogens with zero attached hydrogens (tertiary/aromatic N) is 1. The number of halogens is 1. The molecule has 0 radical (unpaired) electrons. The smallest absolute Gasteiger partial charge is 0.319 e. The van der Waals surface area contributed by atoms with E-state index >= 15 is 0 Å². The van der Waals surface area contributed by atoms with E-state index in [0.717, 1.165) is 44.2 Å². The summed E-state index contributed by atoms with van der Waals surface area (Å²) in [5.74, 6) is -0.0291. The number of piperidine rings is 1. The summed E-state index contributed by atoms with van der Waals surface area (Å²) in [6.07, 6.45) is 6.41. The van der Waals surface area contributed by atoms with E-state index in [4.69, 9.17) is 0 Å². The van der Waals surface area contributed by atoms with Gasteiger partial charge >= 0.3 is 6.03 Å². The van der Waals surface area contributed by atoms with Crippen molar-refractivity contribution in [2.24, 2.45) is 5.92 Å². The summed E-state index contributed by atoms with van der Waals surface area (Å²) in [7, 11) is 0. The first-order valence-corrected chi connectivity index (χ1v) is 11.2. The normalized spacial score (nSPS) is 18.8. The van der Waals surface area contributed by atoms with Gasteiger partial charge in [-0.05, 0) is 68.2 Å². The van der Waals surface area contributed by atoms with Gasteiger partial charge in [0.15, 0.2) is 0 Å². The zero-order valence-corrected chi connectivity index (χ0v) is 17.2. The Morgan fingerprint density at radius 2 is 2.07 bits per heavy atom. The lowest BCUT2D eigenvalue weighted by atomic mass is 9.94. The van der Waals surface area contributed by atoms with Gasteiger partial charge in [0, 0.05) is 35.6 Å². The minimum Gasteiger partial charge on any atom is -0.338 e. The number of benzene rings is 1. The maximum atomic E-state index is 13.2. The monoisotopic (exact) mass is 415 g/mol. The Hall–Kier alpha value is -2.41. The molecule has 1 aliphatic heterocycles. The van der Waals surface area contributed by atoms with Gasteiger partial charge in [0.05, 0.1) is 5.56 Å². The summed E-state index contributed by atoms with van der Waals surface area (Å²) in [5, 5.41) is 7.53. The van der Waals surface area contributed by atoms with Crippen molar-refractivity contribution in [3.05, 3.63) is 51.5 Å². The average Bonchev–Trinajstić information content (AvgIpc) is 3.16. The molecule has 2 aromatic rings. The summed E-state index contributed by atoms with van der Waals surface area (Å²) in [5.41, 5.74) is 2.58. The molecule has 0 bridgehead atoms. The zero-order valence-electron chi connectivity index (χ0n) is 16.4. The number of hydrogen-bond donors (Lipinski definition) is 2. The highest BCUT2D eigenvalue weighted by atomic mass is 32.1. The number of nitrogens with one attached hydrogen (secondary N) is 2. The van der Waals surface area contributed by atoms with Gasteiger partial charge in [0.1, 0.15) is 5.82 Å². The fraction of sp³-hybridized carbons (Fsp3) is 0.455. The van der Waals surface area contributed by atoms with E-state index in [-0.39, 0.29) is 23.7 Å². The SMILES string of the molecule is O=C(NC[C@H]1CCCN(C(=O)c2csc3c2CCCC3)C1)Nc1cccc(F)c1. The van der Waals surface area contributed by atoms with Crippen LogP contribution in [0, 0.1) is 11.7 Å². The number of urea groups is 1. The fourth-order valence-electron chi connectivity index (χ4n) is 4.24. The predicted octanol–water partition coefficient (Wildman–Crippen LogP) is 4.44. The fourth-order valence-corrected chi connectivity index (χ4v) is 5.36. The highest BCUT2D eigenvalue weighted by Crippen LogP contribution is 2.31. The van der Waals surface area contributed by atoms with Crippen LogP contribution in [0.2, 0.25) is 0 Å². The number of carbonyl (C=O) groups excluding carboxylic acids is 2. The lowest BCUT2D eigenvalue weighted by molar-refractivity contribution is 0.0674. The number of aryl methyl sites for hydroxylation is 1. The number of carbonyl (C=O) groups is 2. The summed E-state index contributed by atoms with van der Waals surface area (Å²) >= 11 is 1.72. The highest BCUT2D eigenvalue weighted by Gasteiger charge is 2.28. The maximum Gasteiger partial charge on any atom is 0.319 e. The molecular formula is C22H26FN3O2S. The van der Waals surface area contributed by atoms with Crippen molar-refractivity contribution in [2.75, 3.05) is 25.0 Å². The Morgan fingerprint density at radius 1 is 1.21 bits per heavy atom. The van der Waals surface area contributed by atoms with E-state index in [2.05, 4.69) is 10.6 Å². The Labute approximate surface area is 174 Å². The molecule has 1 fully saturated rings. The van der Waals surface area contributed by atoms with Crippen molar-refractivity contribution in [3.8, 4) is 0 Å². The molecule has 1 saturated heterocycles. The minimum atomic E-state index is -0.389. The number of anilines is 1. The third-order valence-electron chi connectivity index (χ3n) is 5.73. The van der Waals surface area contributed by atoms with Crippen LogP contribution in [0.3, 0.4) is 0 Å². The third kappa shape index (κ3) is 4.78. The molecule has 2 N–H and O–H groups in total. The molecule has 3 amide bonds. The van der Waals surface area contributed by atoms with Crippen LogP contribution in [-0.2, 0) is 12.8 Å². The second-order valence-electron chi connectivity index (χ2n) is 7.86. The number of fused-ring (bicyclic) bond motifs is 1. The second kappa shape index (κ2) is 8.95. The van der Waals surface area contributed by atoms with Gasteiger partial charge in [-0.15, -0.1) is 11.3 Å². The second-order valence-corrected chi connectivity index (χ2v) is 8.83. The van der Waals surface area contributed by atoms with E-state index in [1.54, 1.807) is 23.5 Å². The molecule has 1 atom stereocenters. The number of thiophene rings is 1. The number of amides is 3. The molecule has 2 heterocycles. The molecule has 0 saturated carbocycles. The topological polar surface area (TPSA) is 61.4 Å². The van der Waals surface area contributed by atoms with Crippen molar-refractivity contribution in [1.29, 1.82) is 0 Å². The molecule has 29 heavy (non-hydrogen) atoms. The average molecular weight is 416 g/mol. The van der Waals surface area contributed by atoms with Gasteiger partial charge in [-0.25, -0.2) is 9.18 Å². The predicted molar refractivity (Wildman–Crippen MR) is 113 cm³/mol. The molecule has 154 valence electrons. The summed E-state index contributed by atoms with van der Waals surface area (Å²) in [4.78, 5) is 28.5. The summed E-state index contributed by atoms with van der Waals surface area (Å²) in [6, 6.07) is 5.46. The largest absolute Gasteiger partial charge is 0.338 e. The minimum absolute atomic E-state index is 0.137. The molecule has 0 spiro atoms. The van der Waals surface area contributed by atoms with E-state index in [0.29, 0.717) is 18.8 Å². The Kier molecular flexibility index (Phi) is 6.13. The van der Waals surface area contributed by atoms with Gasteiger partial charge in [0.2, 0.25) is 0 Å². The molecule has 2 aliphatic rings. The molecule has 4 rings (SSSR count). The number of hydrogen-bond acceptors (Lipinski definition) is 3. The molecule has 7 heteroatoms. The van der Waals surface area contributed by atoms with Crippen LogP contribution in [0.15, 0.2) is 29.6 Å². The van der Waals surface area contributed by atoms with Crippen LogP contribution >= 0.6 is 11.3 Å². The van der Waals surface area contributed by atoms with Gasteiger partial charge in [-0.1, -0.05) is 6.07 Å².